The second-order valence-corrected chi connectivity index (χ2v) is 7.35. The maximum atomic E-state index is 12.2. The van der Waals surface area contributed by atoms with Crippen LogP contribution in [0.25, 0.3) is 10.2 Å². The van der Waals surface area contributed by atoms with Crippen molar-refractivity contribution < 1.29 is 9.90 Å². The zero-order valence-electron chi connectivity index (χ0n) is 12.7. The summed E-state index contributed by atoms with van der Waals surface area (Å²) in [6, 6.07) is 7.85. The van der Waals surface area contributed by atoms with E-state index in [1.807, 2.05) is 24.3 Å². The number of aliphatic hydroxyl groups excluding tert-OH is 1. The molecule has 0 radical (unpaired) electrons. The fraction of sp³-hybridized carbons (Fsp3) is 0.500. The van der Waals surface area contributed by atoms with Crippen molar-refractivity contribution in [2.75, 3.05) is 31.6 Å². The molecule has 118 valence electrons. The third-order valence-corrected chi connectivity index (χ3v) is 5.10. The Labute approximate surface area is 134 Å². The highest BCUT2D eigenvalue weighted by molar-refractivity contribution is 7.22. The first kappa shape index (κ1) is 15.4. The molecule has 2 aromatic rings. The molecule has 1 unspecified atom stereocenters. The van der Waals surface area contributed by atoms with Crippen molar-refractivity contribution in [3.05, 3.63) is 24.3 Å². The van der Waals surface area contributed by atoms with Gasteiger partial charge in [-0.05, 0) is 31.5 Å². The van der Waals surface area contributed by atoms with Crippen molar-refractivity contribution in [1.29, 1.82) is 0 Å². The van der Waals surface area contributed by atoms with Crippen LogP contribution in [0.15, 0.2) is 24.3 Å². The quantitative estimate of drug-likeness (QED) is 0.908. The SMILES string of the molecule is CC1(CO)CCCN(CC(=O)Nc2nc3ccccc3s2)C1. The van der Waals surface area contributed by atoms with E-state index in [-0.39, 0.29) is 17.9 Å². The molecule has 2 N–H and O–H groups in total. The molecule has 1 amide bonds. The van der Waals surface area contributed by atoms with Gasteiger partial charge in [-0.1, -0.05) is 30.4 Å². The number of thiazole rings is 1. The molecule has 1 saturated heterocycles. The van der Waals surface area contributed by atoms with E-state index in [0.29, 0.717) is 11.7 Å². The predicted octanol–water partition coefficient (Wildman–Crippen LogP) is 2.33. The number of likely N-dealkylation sites (tertiary alicyclic amines) is 1. The van der Waals surface area contributed by atoms with Crippen LogP contribution < -0.4 is 5.32 Å². The molecule has 0 aliphatic carbocycles. The second-order valence-electron chi connectivity index (χ2n) is 6.32. The van der Waals surface area contributed by atoms with Crippen LogP contribution in [0.1, 0.15) is 19.8 Å². The summed E-state index contributed by atoms with van der Waals surface area (Å²) in [5.41, 5.74) is 0.822. The Kier molecular flexibility index (Phi) is 4.42. The zero-order chi connectivity index (χ0) is 15.6. The second kappa shape index (κ2) is 6.32. The van der Waals surface area contributed by atoms with E-state index in [1.54, 1.807) is 0 Å². The lowest BCUT2D eigenvalue weighted by atomic mass is 9.83. The van der Waals surface area contributed by atoms with Crippen molar-refractivity contribution in [3.63, 3.8) is 0 Å². The van der Waals surface area contributed by atoms with Crippen LogP contribution >= 0.6 is 11.3 Å². The van der Waals surface area contributed by atoms with E-state index in [9.17, 15) is 9.90 Å². The Morgan fingerprint density at radius 3 is 3.09 bits per heavy atom. The van der Waals surface area contributed by atoms with Gasteiger partial charge in [0.1, 0.15) is 0 Å². The number of anilines is 1. The van der Waals surface area contributed by atoms with Gasteiger partial charge in [0.25, 0.3) is 0 Å². The van der Waals surface area contributed by atoms with Gasteiger partial charge >= 0.3 is 0 Å². The largest absolute Gasteiger partial charge is 0.396 e. The summed E-state index contributed by atoms with van der Waals surface area (Å²) in [4.78, 5) is 18.7. The van der Waals surface area contributed by atoms with Gasteiger partial charge < -0.3 is 10.4 Å². The van der Waals surface area contributed by atoms with E-state index in [2.05, 4.69) is 22.1 Å². The van der Waals surface area contributed by atoms with Crippen LogP contribution in [-0.4, -0.2) is 47.1 Å². The van der Waals surface area contributed by atoms with Crippen molar-refractivity contribution in [2.45, 2.75) is 19.8 Å². The molecule has 2 heterocycles. The fourth-order valence-electron chi connectivity index (χ4n) is 2.98. The van der Waals surface area contributed by atoms with Crippen LogP contribution in [0, 0.1) is 5.41 Å². The number of nitrogens with zero attached hydrogens (tertiary/aromatic N) is 2. The lowest BCUT2D eigenvalue weighted by Gasteiger charge is -2.38. The third-order valence-electron chi connectivity index (χ3n) is 4.15. The maximum Gasteiger partial charge on any atom is 0.240 e. The standard InChI is InChI=1S/C16H21N3O2S/c1-16(11-20)7-4-8-19(10-16)9-14(21)18-15-17-12-5-2-3-6-13(12)22-15/h2-3,5-6,20H,4,7-11H2,1H3,(H,17,18,21). The van der Waals surface area contributed by atoms with Crippen molar-refractivity contribution in [1.82, 2.24) is 9.88 Å². The van der Waals surface area contributed by atoms with E-state index < -0.39 is 0 Å². The molecule has 0 saturated carbocycles. The number of carbonyl (C=O) groups excluding carboxylic acids is 1. The van der Waals surface area contributed by atoms with Gasteiger partial charge in [0.15, 0.2) is 5.13 Å². The monoisotopic (exact) mass is 319 g/mol. The average molecular weight is 319 g/mol. The van der Waals surface area contributed by atoms with E-state index >= 15 is 0 Å². The third kappa shape index (κ3) is 3.45. The van der Waals surface area contributed by atoms with Crippen LogP contribution in [0.3, 0.4) is 0 Å². The first-order chi connectivity index (χ1) is 10.6. The number of rotatable bonds is 4. The topological polar surface area (TPSA) is 65.5 Å². The molecule has 22 heavy (non-hydrogen) atoms. The number of amides is 1. The molecule has 1 aliphatic heterocycles. The van der Waals surface area contributed by atoms with Crippen LogP contribution in [-0.2, 0) is 4.79 Å². The highest BCUT2D eigenvalue weighted by atomic mass is 32.1. The minimum atomic E-state index is -0.0889. The molecule has 1 aromatic carbocycles. The minimum Gasteiger partial charge on any atom is -0.396 e. The zero-order valence-corrected chi connectivity index (χ0v) is 13.5. The van der Waals surface area contributed by atoms with E-state index in [4.69, 9.17) is 0 Å². The van der Waals surface area contributed by atoms with Crippen LogP contribution in [0.4, 0.5) is 5.13 Å². The maximum absolute atomic E-state index is 12.2. The van der Waals surface area contributed by atoms with Crippen LogP contribution in [0.5, 0.6) is 0 Å². The number of benzene rings is 1. The molecule has 0 spiro atoms. The Morgan fingerprint density at radius 2 is 2.32 bits per heavy atom. The molecule has 5 nitrogen and oxygen atoms in total. The molecule has 1 atom stereocenters. The average Bonchev–Trinajstić information content (AvgIpc) is 2.89. The van der Waals surface area contributed by atoms with Gasteiger partial charge in [-0.25, -0.2) is 4.98 Å². The van der Waals surface area contributed by atoms with Gasteiger partial charge in [0.05, 0.1) is 16.8 Å². The molecular weight excluding hydrogens is 298 g/mol. The molecule has 1 fully saturated rings. The Bertz CT molecular complexity index is 639. The van der Waals surface area contributed by atoms with E-state index in [0.717, 1.165) is 36.1 Å². The predicted molar refractivity (Wildman–Crippen MR) is 89.1 cm³/mol. The van der Waals surface area contributed by atoms with Gasteiger partial charge in [0, 0.05) is 18.6 Å². The van der Waals surface area contributed by atoms with Gasteiger partial charge in [0.2, 0.25) is 5.91 Å². The molecule has 1 aliphatic rings. The summed E-state index contributed by atoms with van der Waals surface area (Å²) in [5, 5.41) is 13.0. The summed E-state index contributed by atoms with van der Waals surface area (Å²) >= 11 is 1.49. The Hall–Kier alpha value is -1.50. The Morgan fingerprint density at radius 1 is 1.50 bits per heavy atom. The summed E-state index contributed by atoms with van der Waals surface area (Å²) in [6.07, 6.45) is 2.03. The number of carbonyl (C=O) groups is 1. The number of hydrogen-bond acceptors (Lipinski definition) is 5. The smallest absolute Gasteiger partial charge is 0.240 e. The fourth-order valence-corrected chi connectivity index (χ4v) is 3.86. The number of aliphatic hydroxyl groups is 1. The molecule has 0 bridgehead atoms. The number of nitrogens with one attached hydrogen (secondary N) is 1. The van der Waals surface area contributed by atoms with E-state index in [1.165, 1.54) is 11.3 Å². The summed E-state index contributed by atoms with van der Waals surface area (Å²) in [5.74, 6) is -0.0405. The summed E-state index contributed by atoms with van der Waals surface area (Å²) < 4.78 is 1.07. The first-order valence-corrected chi connectivity index (χ1v) is 8.38. The van der Waals surface area contributed by atoms with Crippen LogP contribution in [0.2, 0.25) is 0 Å². The number of hydrogen-bond donors (Lipinski definition) is 2. The van der Waals surface area contributed by atoms with Crippen molar-refractivity contribution >= 4 is 32.6 Å². The van der Waals surface area contributed by atoms with Crippen molar-refractivity contribution in [3.8, 4) is 0 Å². The van der Waals surface area contributed by atoms with Crippen molar-refractivity contribution in [2.24, 2.45) is 5.41 Å². The normalized spacial score (nSPS) is 22.8. The number of aromatic nitrogens is 1. The highest BCUT2D eigenvalue weighted by Crippen LogP contribution is 2.29. The number of piperidine rings is 1. The molecule has 3 rings (SSSR count). The molecular formula is C16H21N3O2S. The molecule has 6 heteroatoms. The van der Waals surface area contributed by atoms with Gasteiger partial charge in [-0.2, -0.15) is 0 Å². The Balaban J connectivity index is 1.60. The lowest BCUT2D eigenvalue weighted by molar-refractivity contribution is -0.118. The van der Waals surface area contributed by atoms with Gasteiger partial charge in [-0.3, -0.25) is 9.69 Å². The summed E-state index contributed by atoms with van der Waals surface area (Å²) in [6.45, 7) is 4.26. The van der Waals surface area contributed by atoms with Gasteiger partial charge in [-0.15, -0.1) is 0 Å². The first-order valence-electron chi connectivity index (χ1n) is 7.57. The summed E-state index contributed by atoms with van der Waals surface area (Å²) in [7, 11) is 0. The number of fused-ring (bicyclic) bond motifs is 1. The minimum absolute atomic E-state index is 0.0405. The highest BCUT2D eigenvalue weighted by Gasteiger charge is 2.31. The lowest BCUT2D eigenvalue weighted by Crippen LogP contribution is -2.46. The number of para-hydroxylation sites is 1. The molecule has 1 aromatic heterocycles.